The fraction of sp³-hybridized carbons (Fsp3) is 0.474. The lowest BCUT2D eigenvalue weighted by molar-refractivity contribution is -0.125. The Morgan fingerprint density at radius 2 is 1.92 bits per heavy atom. The van der Waals surface area contributed by atoms with Crippen molar-refractivity contribution in [3.63, 3.8) is 0 Å². The Balaban J connectivity index is 1.36. The van der Waals surface area contributed by atoms with Crippen molar-refractivity contribution in [2.45, 2.75) is 12.8 Å². The lowest BCUT2D eigenvalue weighted by Crippen LogP contribution is -2.48. The molecule has 4 rings (SSSR count). The number of piperidine rings is 1. The van der Waals surface area contributed by atoms with Crippen LogP contribution in [0.5, 0.6) is 0 Å². The van der Waals surface area contributed by atoms with Crippen LogP contribution in [0.3, 0.4) is 0 Å². The molecule has 2 aliphatic rings. The van der Waals surface area contributed by atoms with Crippen LogP contribution in [0.2, 0.25) is 0 Å². The van der Waals surface area contributed by atoms with E-state index in [2.05, 4.69) is 44.6 Å². The van der Waals surface area contributed by atoms with Crippen molar-refractivity contribution < 1.29 is 4.79 Å². The molecule has 2 aromatic rings. The third-order valence-corrected chi connectivity index (χ3v) is 5.76. The van der Waals surface area contributed by atoms with Crippen LogP contribution in [-0.4, -0.2) is 54.4 Å². The number of nitrogens with one attached hydrogen (secondary N) is 1. The molecular formula is C19H22N4OS. The Hall–Kier alpha value is -2.10. The van der Waals surface area contributed by atoms with Crippen molar-refractivity contribution in [2.75, 3.05) is 44.2 Å². The number of rotatable bonds is 1. The summed E-state index contributed by atoms with van der Waals surface area (Å²) in [7, 11) is 0. The number of hydrogen-bond donors (Lipinski definition) is 1. The summed E-state index contributed by atoms with van der Waals surface area (Å²) in [5.41, 5.74) is 0. The maximum atomic E-state index is 12.4. The number of fused-ring (bicyclic) bond motifs is 1. The molecule has 0 radical (unpaired) electrons. The minimum Gasteiger partial charge on any atom is -0.352 e. The first kappa shape index (κ1) is 16.4. The van der Waals surface area contributed by atoms with Gasteiger partial charge in [0.15, 0.2) is 0 Å². The van der Waals surface area contributed by atoms with Gasteiger partial charge in [0.2, 0.25) is 0 Å². The summed E-state index contributed by atoms with van der Waals surface area (Å²) >= 11 is 1.54. The fourth-order valence-corrected chi connectivity index (χ4v) is 4.23. The van der Waals surface area contributed by atoms with E-state index in [1.54, 1.807) is 0 Å². The van der Waals surface area contributed by atoms with Gasteiger partial charge in [-0.15, -0.1) is 0 Å². The molecule has 6 heteroatoms. The first-order valence-electron chi connectivity index (χ1n) is 8.92. The summed E-state index contributed by atoms with van der Waals surface area (Å²) in [6.07, 6.45) is 2.09. The maximum absolute atomic E-state index is 12.4. The van der Waals surface area contributed by atoms with Crippen LogP contribution in [0.1, 0.15) is 12.8 Å². The van der Waals surface area contributed by atoms with E-state index in [4.69, 9.17) is 0 Å². The van der Waals surface area contributed by atoms with Gasteiger partial charge in [0.1, 0.15) is 5.82 Å². The zero-order valence-electron chi connectivity index (χ0n) is 14.2. The topological polar surface area (TPSA) is 48.5 Å². The molecule has 0 saturated carbocycles. The first-order valence-corrected chi connectivity index (χ1v) is 9.69. The molecule has 0 aliphatic carbocycles. The standard InChI is InChI=1S/C19H22N4OS/c24-18(6-5-15-7-9-20-10-8-15)22-11-13-23(14-12-22)19-16-3-1-2-4-17(16)25-21-19/h1-4,15,20H,7-14H2. The van der Waals surface area contributed by atoms with E-state index in [1.807, 2.05) is 11.0 Å². The van der Waals surface area contributed by atoms with Gasteiger partial charge in [-0.25, -0.2) is 0 Å². The van der Waals surface area contributed by atoms with E-state index < -0.39 is 0 Å². The largest absolute Gasteiger partial charge is 0.352 e. The van der Waals surface area contributed by atoms with Crippen molar-refractivity contribution in [3.8, 4) is 11.8 Å². The summed E-state index contributed by atoms with van der Waals surface area (Å²) in [5, 5.41) is 4.53. The first-order chi connectivity index (χ1) is 12.3. The van der Waals surface area contributed by atoms with E-state index in [0.29, 0.717) is 19.0 Å². The van der Waals surface area contributed by atoms with Gasteiger partial charge in [-0.1, -0.05) is 18.1 Å². The Morgan fingerprint density at radius 3 is 2.72 bits per heavy atom. The van der Waals surface area contributed by atoms with Crippen LogP contribution >= 0.6 is 11.5 Å². The minimum atomic E-state index is -0.0266. The second-order valence-electron chi connectivity index (χ2n) is 6.58. The van der Waals surface area contributed by atoms with Gasteiger partial charge in [-0.05, 0) is 55.5 Å². The molecule has 2 saturated heterocycles. The van der Waals surface area contributed by atoms with Crippen molar-refractivity contribution in [2.24, 2.45) is 5.92 Å². The number of benzene rings is 1. The summed E-state index contributed by atoms with van der Waals surface area (Å²) < 4.78 is 5.83. The van der Waals surface area contributed by atoms with E-state index >= 15 is 0 Å². The highest BCUT2D eigenvalue weighted by molar-refractivity contribution is 7.13. The number of anilines is 1. The average Bonchev–Trinajstić information content (AvgIpc) is 3.11. The Bertz CT molecular complexity index is 807. The Labute approximate surface area is 152 Å². The molecular weight excluding hydrogens is 332 g/mol. The summed E-state index contributed by atoms with van der Waals surface area (Å²) in [4.78, 5) is 16.5. The zero-order valence-corrected chi connectivity index (χ0v) is 15.0. The molecule has 3 heterocycles. The van der Waals surface area contributed by atoms with Gasteiger partial charge >= 0.3 is 0 Å². The van der Waals surface area contributed by atoms with Gasteiger partial charge in [0, 0.05) is 37.5 Å². The third-order valence-electron chi connectivity index (χ3n) is 4.95. The van der Waals surface area contributed by atoms with Crippen molar-refractivity contribution >= 4 is 33.3 Å². The maximum Gasteiger partial charge on any atom is 0.298 e. The molecule has 25 heavy (non-hydrogen) atoms. The molecule has 1 aromatic carbocycles. The van der Waals surface area contributed by atoms with E-state index in [-0.39, 0.29) is 5.91 Å². The Kier molecular flexibility index (Phi) is 4.86. The molecule has 130 valence electrons. The number of carbonyl (C=O) groups is 1. The van der Waals surface area contributed by atoms with E-state index in [1.165, 1.54) is 21.6 Å². The third kappa shape index (κ3) is 3.63. The van der Waals surface area contributed by atoms with Gasteiger partial charge in [-0.2, -0.15) is 4.37 Å². The van der Waals surface area contributed by atoms with Crippen LogP contribution in [0.15, 0.2) is 24.3 Å². The SMILES string of the molecule is O=C(C#CC1CCNCC1)N1CCN(c2nsc3ccccc23)CC1. The second kappa shape index (κ2) is 7.42. The van der Waals surface area contributed by atoms with Crippen molar-refractivity contribution in [1.82, 2.24) is 14.6 Å². The molecule has 1 N–H and O–H groups in total. The molecule has 0 bridgehead atoms. The van der Waals surface area contributed by atoms with Crippen LogP contribution in [0.25, 0.3) is 10.1 Å². The van der Waals surface area contributed by atoms with Gasteiger partial charge in [0.25, 0.3) is 5.91 Å². The quantitative estimate of drug-likeness (QED) is 0.796. The van der Waals surface area contributed by atoms with Gasteiger partial charge in [0.05, 0.1) is 4.70 Å². The van der Waals surface area contributed by atoms with Gasteiger partial charge < -0.3 is 15.1 Å². The highest BCUT2D eigenvalue weighted by atomic mass is 32.1. The lowest BCUT2D eigenvalue weighted by Gasteiger charge is -2.34. The Morgan fingerprint density at radius 1 is 1.16 bits per heavy atom. The smallest absolute Gasteiger partial charge is 0.298 e. The van der Waals surface area contributed by atoms with Crippen LogP contribution in [0.4, 0.5) is 5.82 Å². The summed E-state index contributed by atoms with van der Waals surface area (Å²) in [6, 6.07) is 8.32. The minimum absolute atomic E-state index is 0.0266. The zero-order chi connectivity index (χ0) is 17.1. The molecule has 0 unspecified atom stereocenters. The molecule has 2 fully saturated rings. The monoisotopic (exact) mass is 354 g/mol. The summed E-state index contributed by atoms with van der Waals surface area (Å²) in [6.45, 7) is 5.07. The second-order valence-corrected chi connectivity index (χ2v) is 7.38. The molecule has 1 aromatic heterocycles. The number of piperazine rings is 1. The van der Waals surface area contributed by atoms with Gasteiger partial charge in [-0.3, -0.25) is 4.79 Å². The number of carbonyl (C=O) groups excluding carboxylic acids is 1. The number of aromatic nitrogens is 1. The number of amides is 1. The number of hydrogen-bond acceptors (Lipinski definition) is 5. The number of nitrogens with zero attached hydrogens (tertiary/aromatic N) is 3. The summed E-state index contributed by atoms with van der Waals surface area (Å²) in [5.74, 6) is 7.45. The van der Waals surface area contributed by atoms with Crippen molar-refractivity contribution in [3.05, 3.63) is 24.3 Å². The predicted molar refractivity (Wildman–Crippen MR) is 102 cm³/mol. The predicted octanol–water partition coefficient (Wildman–Crippen LogP) is 1.95. The average molecular weight is 354 g/mol. The normalized spacial score (nSPS) is 18.9. The van der Waals surface area contributed by atoms with E-state index in [0.717, 1.165) is 44.8 Å². The molecule has 0 spiro atoms. The molecule has 2 aliphatic heterocycles. The molecule has 1 amide bonds. The molecule has 0 atom stereocenters. The lowest BCUT2D eigenvalue weighted by atomic mass is 9.99. The molecule has 5 nitrogen and oxygen atoms in total. The highest BCUT2D eigenvalue weighted by Crippen LogP contribution is 2.29. The van der Waals surface area contributed by atoms with Crippen LogP contribution in [0, 0.1) is 17.8 Å². The highest BCUT2D eigenvalue weighted by Gasteiger charge is 2.23. The van der Waals surface area contributed by atoms with Crippen LogP contribution < -0.4 is 10.2 Å². The fourth-order valence-electron chi connectivity index (χ4n) is 3.43. The van der Waals surface area contributed by atoms with E-state index in [9.17, 15) is 4.79 Å². The van der Waals surface area contributed by atoms with Crippen molar-refractivity contribution in [1.29, 1.82) is 0 Å². The van der Waals surface area contributed by atoms with Crippen LogP contribution in [-0.2, 0) is 4.79 Å².